The second-order valence-corrected chi connectivity index (χ2v) is 11.1. The summed E-state index contributed by atoms with van der Waals surface area (Å²) in [5, 5.41) is 14.7. The highest BCUT2D eigenvalue weighted by atomic mass is 35.5. The Morgan fingerprint density at radius 3 is 2.43 bits per heavy atom. The third-order valence-electron chi connectivity index (χ3n) is 7.14. The van der Waals surface area contributed by atoms with Gasteiger partial charge in [-0.2, -0.15) is 0 Å². The zero-order valence-corrected chi connectivity index (χ0v) is 26.6. The molecule has 1 aromatic heterocycles. The van der Waals surface area contributed by atoms with Crippen LogP contribution in [-0.4, -0.2) is 40.0 Å². The zero-order chi connectivity index (χ0) is 32.9. The van der Waals surface area contributed by atoms with Crippen LogP contribution >= 0.6 is 11.6 Å². The van der Waals surface area contributed by atoms with E-state index in [4.69, 9.17) is 21.1 Å². The molecule has 11 heteroatoms. The van der Waals surface area contributed by atoms with Gasteiger partial charge < -0.3 is 19.8 Å². The topological polar surface area (TPSA) is 136 Å². The van der Waals surface area contributed by atoms with Gasteiger partial charge in [-0.25, -0.2) is 9.78 Å². The molecule has 0 aliphatic carbocycles. The molecule has 0 bridgehead atoms. The van der Waals surface area contributed by atoms with Gasteiger partial charge in [0.2, 0.25) is 5.91 Å². The number of H-pyrrole nitrogens is 1. The summed E-state index contributed by atoms with van der Waals surface area (Å²) in [4.78, 5) is 44.7. The summed E-state index contributed by atoms with van der Waals surface area (Å²) in [6, 6.07) is 17.9. The molecule has 1 atom stereocenters. The maximum atomic E-state index is 13.2. The number of unbranched alkanes of at least 4 members (excludes halogenated alkanes) is 2. The minimum Gasteiger partial charge on any atom is -0.493 e. The van der Waals surface area contributed by atoms with Crippen LogP contribution in [0.1, 0.15) is 72.9 Å². The van der Waals surface area contributed by atoms with E-state index in [1.807, 2.05) is 13.0 Å². The smallest absolute Gasteiger partial charge is 0.341 e. The largest absolute Gasteiger partial charge is 0.493 e. The number of aromatic amines is 1. The van der Waals surface area contributed by atoms with Gasteiger partial charge in [0.25, 0.3) is 5.69 Å². The Balaban J connectivity index is 1.63. The van der Waals surface area contributed by atoms with Crippen LogP contribution in [0.25, 0.3) is 17.3 Å². The minimum absolute atomic E-state index is 0.0101. The molecule has 0 radical (unpaired) electrons. The van der Waals surface area contributed by atoms with Gasteiger partial charge >= 0.3 is 5.97 Å². The van der Waals surface area contributed by atoms with Crippen molar-refractivity contribution in [2.45, 2.75) is 52.0 Å². The summed E-state index contributed by atoms with van der Waals surface area (Å²) in [5.41, 5.74) is 3.13. The van der Waals surface area contributed by atoms with Crippen LogP contribution in [0, 0.1) is 10.1 Å². The van der Waals surface area contributed by atoms with Crippen molar-refractivity contribution in [1.29, 1.82) is 0 Å². The fraction of sp³-hybridized carbons (Fsp3) is 0.286. The minimum atomic E-state index is -0.592. The van der Waals surface area contributed by atoms with Crippen molar-refractivity contribution in [3.8, 4) is 17.0 Å². The molecule has 0 spiro atoms. The van der Waals surface area contributed by atoms with E-state index in [1.54, 1.807) is 60.8 Å². The maximum absolute atomic E-state index is 13.2. The number of amides is 1. The number of carbonyl (C=O) groups excluding carboxylic acids is 2. The van der Waals surface area contributed by atoms with Gasteiger partial charge in [0.1, 0.15) is 17.1 Å². The number of nitro benzene ring substituents is 1. The highest BCUT2D eigenvalue weighted by Crippen LogP contribution is 2.28. The summed E-state index contributed by atoms with van der Waals surface area (Å²) in [5.74, 6) is 0.144. The number of rotatable bonds is 16. The van der Waals surface area contributed by atoms with Crippen molar-refractivity contribution >= 4 is 35.2 Å². The van der Waals surface area contributed by atoms with Gasteiger partial charge in [0, 0.05) is 35.2 Å². The Kier molecular flexibility index (Phi) is 12.5. The van der Waals surface area contributed by atoms with Crippen LogP contribution in [-0.2, 0) is 16.0 Å². The number of esters is 1. The van der Waals surface area contributed by atoms with E-state index in [0.29, 0.717) is 41.1 Å². The average Bonchev–Trinajstić information content (AvgIpc) is 3.53. The lowest BCUT2D eigenvalue weighted by Crippen LogP contribution is -2.29. The Bertz CT molecular complexity index is 1650. The summed E-state index contributed by atoms with van der Waals surface area (Å²) in [6.45, 7) is 4.83. The van der Waals surface area contributed by atoms with E-state index in [1.165, 1.54) is 18.2 Å². The molecule has 0 aliphatic rings. The van der Waals surface area contributed by atoms with Crippen molar-refractivity contribution in [1.82, 2.24) is 15.3 Å². The molecule has 10 nitrogen and oxygen atoms in total. The number of aromatic nitrogens is 2. The maximum Gasteiger partial charge on any atom is 0.341 e. The van der Waals surface area contributed by atoms with E-state index < -0.39 is 16.9 Å². The Labute approximate surface area is 273 Å². The van der Waals surface area contributed by atoms with Crippen molar-refractivity contribution in [2.24, 2.45) is 0 Å². The summed E-state index contributed by atoms with van der Waals surface area (Å²) < 4.78 is 11.5. The summed E-state index contributed by atoms with van der Waals surface area (Å²) in [6.07, 6.45) is 8.41. The van der Waals surface area contributed by atoms with E-state index in [2.05, 4.69) is 22.2 Å². The van der Waals surface area contributed by atoms with E-state index in [-0.39, 0.29) is 23.6 Å². The molecule has 4 rings (SSSR count). The molecular weight excluding hydrogens is 608 g/mol. The molecule has 4 aromatic rings. The number of nitrogens with one attached hydrogen (secondary N) is 2. The second kappa shape index (κ2) is 16.9. The number of imidazole rings is 1. The van der Waals surface area contributed by atoms with E-state index in [9.17, 15) is 19.7 Å². The van der Waals surface area contributed by atoms with Crippen LogP contribution in [0.15, 0.2) is 79.0 Å². The SMILES string of the molecule is CCCCOC(=O)c1cc(C(Cc2ncc(-c3ccc([N+](=O)[O-])cc3)[nH]2)NC(=O)/C=C/c2ccc(Cl)cc2)ccc1OCCCC. The number of carbonyl (C=O) groups is 2. The molecule has 1 heterocycles. The first-order valence-corrected chi connectivity index (χ1v) is 15.6. The third kappa shape index (κ3) is 9.77. The zero-order valence-electron chi connectivity index (χ0n) is 25.8. The molecule has 0 fully saturated rings. The standard InChI is InChI=1S/C35H37ClN4O6/c1-3-5-19-45-32-17-12-26(21-29(32)35(42)46-20-6-4-2)30(39-34(41)18-9-24-7-13-27(36)14-8-24)22-33-37-23-31(38-33)25-10-15-28(16-11-25)40(43)44/h7-18,21,23,30H,3-6,19-20,22H2,1-2H3,(H,37,38)(H,39,41)/b18-9+. The van der Waals surface area contributed by atoms with Gasteiger partial charge in [-0.15, -0.1) is 0 Å². The molecule has 3 aromatic carbocycles. The Hall–Kier alpha value is -4.96. The molecule has 0 saturated carbocycles. The molecule has 46 heavy (non-hydrogen) atoms. The normalized spacial score (nSPS) is 11.7. The number of hydrogen-bond acceptors (Lipinski definition) is 7. The first-order valence-electron chi connectivity index (χ1n) is 15.2. The van der Waals surface area contributed by atoms with Crippen LogP contribution in [0.2, 0.25) is 5.02 Å². The Morgan fingerprint density at radius 1 is 1.02 bits per heavy atom. The van der Waals surface area contributed by atoms with E-state index >= 15 is 0 Å². The molecule has 1 amide bonds. The molecule has 240 valence electrons. The lowest BCUT2D eigenvalue weighted by Gasteiger charge is -2.20. The fourth-order valence-electron chi connectivity index (χ4n) is 4.55. The van der Waals surface area contributed by atoms with Gasteiger partial charge in [0.15, 0.2) is 0 Å². The monoisotopic (exact) mass is 644 g/mol. The predicted molar refractivity (Wildman–Crippen MR) is 178 cm³/mol. The van der Waals surface area contributed by atoms with Crippen LogP contribution in [0.3, 0.4) is 0 Å². The van der Waals surface area contributed by atoms with Crippen LogP contribution in [0.5, 0.6) is 5.75 Å². The van der Waals surface area contributed by atoms with Gasteiger partial charge in [0.05, 0.1) is 36.1 Å². The summed E-state index contributed by atoms with van der Waals surface area (Å²) in [7, 11) is 0. The van der Waals surface area contributed by atoms with Crippen LogP contribution < -0.4 is 10.1 Å². The fourth-order valence-corrected chi connectivity index (χ4v) is 4.68. The predicted octanol–water partition coefficient (Wildman–Crippen LogP) is 7.89. The first kappa shape index (κ1) is 33.9. The third-order valence-corrected chi connectivity index (χ3v) is 7.39. The number of benzene rings is 3. The number of halogens is 1. The number of ether oxygens (including phenoxy) is 2. The van der Waals surface area contributed by atoms with Crippen molar-refractivity contribution < 1.29 is 24.0 Å². The highest BCUT2D eigenvalue weighted by Gasteiger charge is 2.22. The van der Waals surface area contributed by atoms with Crippen molar-refractivity contribution in [3.05, 3.63) is 117 Å². The molecule has 0 saturated heterocycles. The molecule has 2 N–H and O–H groups in total. The van der Waals surface area contributed by atoms with Crippen molar-refractivity contribution in [2.75, 3.05) is 13.2 Å². The quantitative estimate of drug-likeness (QED) is 0.0416. The number of nitro groups is 1. The van der Waals surface area contributed by atoms with Crippen LogP contribution in [0.4, 0.5) is 5.69 Å². The van der Waals surface area contributed by atoms with Crippen molar-refractivity contribution in [3.63, 3.8) is 0 Å². The average molecular weight is 645 g/mol. The lowest BCUT2D eigenvalue weighted by molar-refractivity contribution is -0.384. The Morgan fingerprint density at radius 2 is 1.74 bits per heavy atom. The second-order valence-electron chi connectivity index (χ2n) is 10.6. The highest BCUT2D eigenvalue weighted by molar-refractivity contribution is 6.30. The first-order chi connectivity index (χ1) is 22.3. The van der Waals surface area contributed by atoms with E-state index in [0.717, 1.165) is 36.8 Å². The van der Waals surface area contributed by atoms with Gasteiger partial charge in [-0.1, -0.05) is 56.5 Å². The van der Waals surface area contributed by atoms with Gasteiger partial charge in [-0.05, 0) is 66.4 Å². The molecular formula is C35H37ClN4O6. The summed E-state index contributed by atoms with van der Waals surface area (Å²) >= 11 is 5.98. The molecule has 0 aliphatic heterocycles. The van der Waals surface area contributed by atoms with Gasteiger partial charge in [-0.3, -0.25) is 14.9 Å². The number of nitrogens with zero attached hydrogens (tertiary/aromatic N) is 2. The molecule has 1 unspecified atom stereocenters. The number of hydrogen-bond donors (Lipinski definition) is 2. The number of non-ortho nitro benzene ring substituents is 1. The lowest BCUT2D eigenvalue weighted by atomic mass is 10.00.